The summed E-state index contributed by atoms with van der Waals surface area (Å²) in [6.45, 7) is 2.01. The van der Waals surface area contributed by atoms with Gasteiger partial charge in [-0.3, -0.25) is 0 Å². The minimum Gasteiger partial charge on any atom is -0.503 e. The Morgan fingerprint density at radius 3 is 2.43 bits per heavy atom. The van der Waals surface area contributed by atoms with Crippen molar-refractivity contribution in [2.24, 2.45) is 0 Å². The fraction of sp³-hybridized carbons (Fsp3) is 0.400. The molecule has 0 saturated heterocycles. The van der Waals surface area contributed by atoms with E-state index in [0.717, 1.165) is 12.0 Å². The molecule has 0 aliphatic heterocycles. The van der Waals surface area contributed by atoms with Crippen molar-refractivity contribution in [1.29, 1.82) is 0 Å². The first kappa shape index (κ1) is 11.2. The number of benzene rings is 1. The molecule has 0 bridgehead atoms. The van der Waals surface area contributed by atoms with E-state index in [2.05, 4.69) is 15.9 Å². The molecule has 0 radical (unpaired) electrons. The summed E-state index contributed by atoms with van der Waals surface area (Å²) < 4.78 is 10.8. The van der Waals surface area contributed by atoms with Crippen molar-refractivity contribution in [2.45, 2.75) is 13.3 Å². The number of ether oxygens (including phenoxy) is 2. The van der Waals surface area contributed by atoms with Crippen LogP contribution >= 0.6 is 15.9 Å². The van der Waals surface area contributed by atoms with E-state index in [1.54, 1.807) is 7.11 Å². The molecule has 0 heterocycles. The molecule has 0 unspecified atom stereocenters. The van der Waals surface area contributed by atoms with Crippen LogP contribution in [0.4, 0.5) is 0 Å². The number of phenols is 1. The molecule has 3 nitrogen and oxygen atoms in total. The van der Waals surface area contributed by atoms with Crippen molar-refractivity contribution < 1.29 is 14.6 Å². The zero-order valence-electron chi connectivity index (χ0n) is 8.43. The Kier molecular flexibility index (Phi) is 3.63. The minimum atomic E-state index is 0.0868. The molecule has 0 atom stereocenters. The van der Waals surface area contributed by atoms with Crippen molar-refractivity contribution >= 4 is 15.9 Å². The van der Waals surface area contributed by atoms with E-state index in [-0.39, 0.29) is 5.75 Å². The molecule has 14 heavy (non-hydrogen) atoms. The number of halogens is 1. The first-order chi connectivity index (χ1) is 6.65. The molecule has 0 spiro atoms. The van der Waals surface area contributed by atoms with E-state index >= 15 is 0 Å². The maximum absolute atomic E-state index is 9.77. The number of hydrogen-bond acceptors (Lipinski definition) is 3. The lowest BCUT2D eigenvalue weighted by molar-refractivity contribution is 0.331. The fourth-order valence-corrected chi connectivity index (χ4v) is 1.84. The Morgan fingerprint density at radius 2 is 2.00 bits per heavy atom. The summed E-state index contributed by atoms with van der Waals surface area (Å²) in [5, 5.41) is 9.77. The Bertz CT molecular complexity index is 337. The maximum atomic E-state index is 9.77. The second kappa shape index (κ2) is 4.55. The third-order valence-corrected chi connectivity index (χ3v) is 2.92. The van der Waals surface area contributed by atoms with Crippen LogP contribution in [0.2, 0.25) is 0 Å². The average Bonchev–Trinajstić information content (AvgIpc) is 2.21. The van der Waals surface area contributed by atoms with Crippen molar-refractivity contribution in [1.82, 2.24) is 0 Å². The van der Waals surface area contributed by atoms with Crippen LogP contribution in [0, 0.1) is 0 Å². The highest BCUT2D eigenvalue weighted by molar-refractivity contribution is 9.10. The van der Waals surface area contributed by atoms with Crippen molar-refractivity contribution in [2.75, 3.05) is 14.2 Å². The molecule has 1 aromatic rings. The van der Waals surface area contributed by atoms with Gasteiger partial charge in [-0.2, -0.15) is 0 Å². The smallest absolute Gasteiger partial charge is 0.204 e. The van der Waals surface area contributed by atoms with Gasteiger partial charge in [-0.1, -0.05) is 6.92 Å². The highest BCUT2D eigenvalue weighted by Crippen LogP contribution is 2.43. The summed E-state index contributed by atoms with van der Waals surface area (Å²) in [4.78, 5) is 0. The van der Waals surface area contributed by atoms with Crippen molar-refractivity contribution in [3.63, 3.8) is 0 Å². The van der Waals surface area contributed by atoms with Gasteiger partial charge in [-0.25, -0.2) is 0 Å². The van der Waals surface area contributed by atoms with Crippen LogP contribution < -0.4 is 9.47 Å². The summed E-state index contributed by atoms with van der Waals surface area (Å²) in [5.74, 6) is 0.991. The van der Waals surface area contributed by atoms with Crippen LogP contribution in [0.3, 0.4) is 0 Å². The van der Waals surface area contributed by atoms with E-state index in [4.69, 9.17) is 9.47 Å². The van der Waals surface area contributed by atoms with Gasteiger partial charge >= 0.3 is 0 Å². The summed E-state index contributed by atoms with van der Waals surface area (Å²) >= 11 is 3.31. The minimum absolute atomic E-state index is 0.0868. The Hall–Kier alpha value is -0.900. The van der Waals surface area contributed by atoms with E-state index in [0.29, 0.717) is 16.0 Å². The van der Waals surface area contributed by atoms with Gasteiger partial charge in [-0.05, 0) is 34.0 Å². The number of aromatic hydroxyl groups is 1. The second-order valence-electron chi connectivity index (χ2n) is 2.79. The van der Waals surface area contributed by atoms with Gasteiger partial charge in [0.15, 0.2) is 11.5 Å². The zero-order valence-corrected chi connectivity index (χ0v) is 10.0. The van der Waals surface area contributed by atoms with Crippen molar-refractivity contribution in [3.05, 3.63) is 16.1 Å². The van der Waals surface area contributed by atoms with E-state index < -0.39 is 0 Å². The SMILES string of the molecule is CCc1cc(OC)c(OC)c(O)c1Br. The first-order valence-electron chi connectivity index (χ1n) is 4.28. The standard InChI is InChI=1S/C10H13BrO3/c1-4-6-5-7(13-2)10(14-3)9(12)8(6)11/h5,12H,4H2,1-3H3. The predicted octanol–water partition coefficient (Wildman–Crippen LogP) is 2.73. The van der Waals surface area contributed by atoms with Gasteiger partial charge in [0.1, 0.15) is 0 Å². The third-order valence-electron chi connectivity index (χ3n) is 2.04. The van der Waals surface area contributed by atoms with Crippen LogP contribution in [0.15, 0.2) is 10.5 Å². The topological polar surface area (TPSA) is 38.7 Å². The van der Waals surface area contributed by atoms with Crippen LogP contribution in [-0.2, 0) is 6.42 Å². The molecule has 0 fully saturated rings. The van der Waals surface area contributed by atoms with Crippen LogP contribution in [-0.4, -0.2) is 19.3 Å². The number of hydrogen-bond donors (Lipinski definition) is 1. The lowest BCUT2D eigenvalue weighted by Gasteiger charge is -2.13. The monoisotopic (exact) mass is 260 g/mol. The molecular weight excluding hydrogens is 248 g/mol. The molecule has 1 rings (SSSR count). The quantitative estimate of drug-likeness (QED) is 0.909. The molecule has 0 saturated carbocycles. The summed E-state index contributed by atoms with van der Waals surface area (Å²) in [7, 11) is 3.04. The van der Waals surface area contributed by atoms with Gasteiger partial charge in [0.05, 0.1) is 18.7 Å². The normalized spacial score (nSPS) is 10.0. The molecular formula is C10H13BrO3. The van der Waals surface area contributed by atoms with Gasteiger partial charge in [0.2, 0.25) is 5.75 Å². The number of aryl methyl sites for hydroxylation is 1. The van der Waals surface area contributed by atoms with Gasteiger partial charge < -0.3 is 14.6 Å². The zero-order chi connectivity index (χ0) is 10.7. The third kappa shape index (κ3) is 1.80. The lowest BCUT2D eigenvalue weighted by atomic mass is 10.1. The first-order valence-corrected chi connectivity index (χ1v) is 5.07. The van der Waals surface area contributed by atoms with Crippen LogP contribution in [0.25, 0.3) is 0 Å². The Morgan fingerprint density at radius 1 is 1.36 bits per heavy atom. The van der Waals surface area contributed by atoms with E-state index in [1.807, 2.05) is 13.0 Å². The molecule has 0 aromatic heterocycles. The fourth-order valence-electron chi connectivity index (χ4n) is 1.26. The molecule has 1 N–H and O–H groups in total. The van der Waals surface area contributed by atoms with Gasteiger partial charge in [0, 0.05) is 0 Å². The lowest BCUT2D eigenvalue weighted by Crippen LogP contribution is -1.94. The Labute approximate surface area is 91.8 Å². The second-order valence-corrected chi connectivity index (χ2v) is 3.58. The number of phenolic OH excluding ortho intramolecular Hbond substituents is 1. The molecule has 0 aliphatic rings. The number of methoxy groups -OCH3 is 2. The highest BCUT2D eigenvalue weighted by Gasteiger charge is 2.16. The van der Waals surface area contributed by atoms with Gasteiger partial charge in [0.25, 0.3) is 0 Å². The molecule has 0 aliphatic carbocycles. The van der Waals surface area contributed by atoms with Gasteiger partial charge in [-0.15, -0.1) is 0 Å². The van der Waals surface area contributed by atoms with Crippen LogP contribution in [0.1, 0.15) is 12.5 Å². The van der Waals surface area contributed by atoms with E-state index in [9.17, 15) is 5.11 Å². The van der Waals surface area contributed by atoms with Crippen LogP contribution in [0.5, 0.6) is 17.2 Å². The number of rotatable bonds is 3. The average molecular weight is 261 g/mol. The Balaban J connectivity index is 3.38. The molecule has 78 valence electrons. The summed E-state index contributed by atoms with van der Waals surface area (Å²) in [6, 6.07) is 1.85. The molecule has 0 amide bonds. The predicted molar refractivity (Wildman–Crippen MR) is 58.3 cm³/mol. The molecule has 4 heteroatoms. The van der Waals surface area contributed by atoms with Crippen molar-refractivity contribution in [3.8, 4) is 17.2 Å². The summed E-state index contributed by atoms with van der Waals surface area (Å²) in [6.07, 6.45) is 0.814. The molecule has 1 aromatic carbocycles. The van der Waals surface area contributed by atoms with E-state index in [1.165, 1.54) is 7.11 Å². The maximum Gasteiger partial charge on any atom is 0.204 e. The largest absolute Gasteiger partial charge is 0.503 e. The summed E-state index contributed by atoms with van der Waals surface area (Å²) in [5.41, 5.74) is 0.986. The highest BCUT2D eigenvalue weighted by atomic mass is 79.9.